The van der Waals surface area contributed by atoms with Crippen LogP contribution in [0.4, 0.5) is 0 Å². The molecular formula is C13H21NO3. The molecule has 1 aromatic heterocycles. The van der Waals surface area contributed by atoms with E-state index in [-0.39, 0.29) is 17.9 Å². The Hall–Kier alpha value is -1.29. The molecule has 0 aromatic carbocycles. The summed E-state index contributed by atoms with van der Waals surface area (Å²) in [6.07, 6.45) is 1.61. The van der Waals surface area contributed by atoms with Crippen LogP contribution in [0.5, 0.6) is 0 Å². The minimum absolute atomic E-state index is 0.0513. The molecule has 0 fully saturated rings. The molecule has 1 rings (SSSR count). The molecule has 0 aliphatic carbocycles. The summed E-state index contributed by atoms with van der Waals surface area (Å²) in [4.78, 5) is 11.7. The Morgan fingerprint density at radius 1 is 1.53 bits per heavy atom. The largest absolute Gasteiger partial charge is 0.469 e. The number of carbonyl (C=O) groups is 1. The Morgan fingerprint density at radius 3 is 2.65 bits per heavy atom. The molecule has 1 aromatic rings. The average molecular weight is 239 g/mol. The second kappa shape index (κ2) is 5.36. The van der Waals surface area contributed by atoms with Gasteiger partial charge >= 0.3 is 0 Å². The summed E-state index contributed by atoms with van der Waals surface area (Å²) in [5.41, 5.74) is 0.573. The SMILES string of the molecule is Cc1occc1C(=O)NCC(O)CC(C)(C)C. The molecule has 2 N–H and O–H groups in total. The van der Waals surface area contributed by atoms with Crippen LogP contribution in [0.2, 0.25) is 0 Å². The molecule has 4 nitrogen and oxygen atoms in total. The van der Waals surface area contributed by atoms with Gasteiger partial charge in [0, 0.05) is 6.54 Å². The quantitative estimate of drug-likeness (QED) is 0.846. The van der Waals surface area contributed by atoms with Crippen LogP contribution < -0.4 is 5.32 Å². The van der Waals surface area contributed by atoms with Crippen molar-refractivity contribution in [2.24, 2.45) is 5.41 Å². The van der Waals surface area contributed by atoms with E-state index in [0.29, 0.717) is 17.7 Å². The lowest BCUT2D eigenvalue weighted by Gasteiger charge is -2.22. The van der Waals surface area contributed by atoms with Gasteiger partial charge in [-0.25, -0.2) is 0 Å². The molecule has 1 heterocycles. The molecular weight excluding hydrogens is 218 g/mol. The summed E-state index contributed by atoms with van der Waals surface area (Å²) in [5.74, 6) is 0.386. The first-order chi connectivity index (χ1) is 7.79. The molecule has 1 atom stereocenters. The zero-order valence-electron chi connectivity index (χ0n) is 10.9. The molecule has 1 amide bonds. The van der Waals surface area contributed by atoms with E-state index in [9.17, 15) is 9.90 Å². The zero-order chi connectivity index (χ0) is 13.1. The maximum Gasteiger partial charge on any atom is 0.254 e. The van der Waals surface area contributed by atoms with Gasteiger partial charge in [-0.15, -0.1) is 0 Å². The average Bonchev–Trinajstić information content (AvgIpc) is 2.58. The maximum atomic E-state index is 11.7. The van der Waals surface area contributed by atoms with Gasteiger partial charge in [-0.05, 0) is 24.8 Å². The van der Waals surface area contributed by atoms with Crippen molar-refractivity contribution >= 4 is 5.91 Å². The lowest BCUT2D eigenvalue weighted by molar-refractivity contribution is 0.0867. The Kier molecular flexibility index (Phi) is 4.34. The van der Waals surface area contributed by atoms with Crippen LogP contribution in [0.15, 0.2) is 16.7 Å². The normalized spacial score (nSPS) is 13.5. The molecule has 0 saturated carbocycles. The predicted molar refractivity (Wildman–Crippen MR) is 65.9 cm³/mol. The lowest BCUT2D eigenvalue weighted by Crippen LogP contribution is -2.34. The van der Waals surface area contributed by atoms with Crippen molar-refractivity contribution in [1.82, 2.24) is 5.32 Å². The van der Waals surface area contributed by atoms with E-state index in [1.54, 1.807) is 13.0 Å². The van der Waals surface area contributed by atoms with E-state index in [1.165, 1.54) is 6.26 Å². The van der Waals surface area contributed by atoms with Gasteiger partial charge in [0.1, 0.15) is 5.76 Å². The molecule has 0 aliphatic rings. The number of aryl methyl sites for hydroxylation is 1. The Labute approximate surface area is 102 Å². The minimum atomic E-state index is -0.522. The molecule has 96 valence electrons. The third kappa shape index (κ3) is 4.61. The first-order valence-corrected chi connectivity index (χ1v) is 5.80. The summed E-state index contributed by atoms with van der Waals surface area (Å²) in [5, 5.41) is 12.5. The van der Waals surface area contributed by atoms with E-state index in [2.05, 4.69) is 26.1 Å². The number of hydrogen-bond donors (Lipinski definition) is 2. The van der Waals surface area contributed by atoms with Gasteiger partial charge < -0.3 is 14.8 Å². The zero-order valence-corrected chi connectivity index (χ0v) is 10.9. The Morgan fingerprint density at radius 2 is 2.18 bits per heavy atom. The topological polar surface area (TPSA) is 62.5 Å². The summed E-state index contributed by atoms with van der Waals surface area (Å²) < 4.78 is 5.05. The minimum Gasteiger partial charge on any atom is -0.469 e. The van der Waals surface area contributed by atoms with Crippen LogP contribution in [0.1, 0.15) is 43.3 Å². The summed E-state index contributed by atoms with van der Waals surface area (Å²) in [7, 11) is 0. The number of aliphatic hydroxyl groups excluding tert-OH is 1. The smallest absolute Gasteiger partial charge is 0.254 e. The number of furan rings is 1. The van der Waals surface area contributed by atoms with E-state index >= 15 is 0 Å². The lowest BCUT2D eigenvalue weighted by atomic mass is 9.89. The van der Waals surface area contributed by atoms with Crippen molar-refractivity contribution in [2.45, 2.75) is 40.2 Å². The highest BCUT2D eigenvalue weighted by molar-refractivity contribution is 5.95. The van der Waals surface area contributed by atoms with Gasteiger partial charge in [-0.3, -0.25) is 4.79 Å². The van der Waals surface area contributed by atoms with Crippen molar-refractivity contribution in [3.8, 4) is 0 Å². The second-order valence-corrected chi connectivity index (χ2v) is 5.52. The Balaban J connectivity index is 2.42. The molecule has 0 spiro atoms. The molecule has 0 radical (unpaired) electrons. The molecule has 4 heteroatoms. The highest BCUT2D eigenvalue weighted by atomic mass is 16.3. The van der Waals surface area contributed by atoms with Crippen LogP contribution in [0, 0.1) is 12.3 Å². The van der Waals surface area contributed by atoms with Gasteiger partial charge in [0.15, 0.2) is 0 Å². The second-order valence-electron chi connectivity index (χ2n) is 5.52. The highest BCUT2D eigenvalue weighted by Crippen LogP contribution is 2.20. The number of nitrogens with one attached hydrogen (secondary N) is 1. The van der Waals surface area contributed by atoms with Crippen LogP contribution in [0.3, 0.4) is 0 Å². The number of carbonyl (C=O) groups excluding carboxylic acids is 1. The van der Waals surface area contributed by atoms with Crippen molar-refractivity contribution < 1.29 is 14.3 Å². The van der Waals surface area contributed by atoms with E-state index in [0.717, 1.165) is 0 Å². The molecule has 17 heavy (non-hydrogen) atoms. The number of rotatable bonds is 4. The maximum absolute atomic E-state index is 11.7. The highest BCUT2D eigenvalue weighted by Gasteiger charge is 2.18. The van der Waals surface area contributed by atoms with E-state index < -0.39 is 6.10 Å². The van der Waals surface area contributed by atoms with Gasteiger partial charge in [0.25, 0.3) is 5.91 Å². The summed E-state index contributed by atoms with van der Waals surface area (Å²) in [6, 6.07) is 1.63. The van der Waals surface area contributed by atoms with Crippen molar-refractivity contribution in [1.29, 1.82) is 0 Å². The van der Waals surface area contributed by atoms with Gasteiger partial charge in [0.2, 0.25) is 0 Å². The van der Waals surface area contributed by atoms with Gasteiger partial charge in [-0.2, -0.15) is 0 Å². The van der Waals surface area contributed by atoms with E-state index in [1.807, 2.05) is 0 Å². The van der Waals surface area contributed by atoms with Gasteiger partial charge in [0.05, 0.1) is 17.9 Å². The fourth-order valence-corrected chi connectivity index (χ4v) is 1.71. The fourth-order valence-electron chi connectivity index (χ4n) is 1.71. The van der Waals surface area contributed by atoms with E-state index in [4.69, 9.17) is 4.42 Å². The standard InChI is InChI=1S/C13H21NO3/c1-9-11(5-6-17-9)12(16)14-8-10(15)7-13(2,3)4/h5-6,10,15H,7-8H2,1-4H3,(H,14,16). The van der Waals surface area contributed by atoms with Crippen LogP contribution in [0.25, 0.3) is 0 Å². The van der Waals surface area contributed by atoms with Crippen LogP contribution in [-0.2, 0) is 0 Å². The monoisotopic (exact) mass is 239 g/mol. The first kappa shape index (κ1) is 13.8. The van der Waals surface area contributed by atoms with Crippen LogP contribution >= 0.6 is 0 Å². The third-order valence-corrected chi connectivity index (χ3v) is 2.45. The number of hydrogen-bond acceptors (Lipinski definition) is 3. The third-order valence-electron chi connectivity index (χ3n) is 2.45. The van der Waals surface area contributed by atoms with Crippen molar-refractivity contribution in [2.75, 3.05) is 6.54 Å². The Bertz CT molecular complexity index is 376. The summed E-state index contributed by atoms with van der Waals surface area (Å²) >= 11 is 0. The number of aliphatic hydroxyl groups is 1. The molecule has 0 saturated heterocycles. The fraction of sp³-hybridized carbons (Fsp3) is 0.615. The predicted octanol–water partition coefficient (Wildman–Crippen LogP) is 2.11. The molecule has 1 unspecified atom stereocenters. The number of amides is 1. The van der Waals surface area contributed by atoms with Crippen molar-refractivity contribution in [3.63, 3.8) is 0 Å². The molecule has 0 bridgehead atoms. The summed E-state index contributed by atoms with van der Waals surface area (Å²) in [6.45, 7) is 8.16. The van der Waals surface area contributed by atoms with Crippen molar-refractivity contribution in [3.05, 3.63) is 23.7 Å². The van der Waals surface area contributed by atoms with Gasteiger partial charge in [-0.1, -0.05) is 20.8 Å². The molecule has 0 aliphatic heterocycles. The van der Waals surface area contributed by atoms with Crippen LogP contribution in [-0.4, -0.2) is 23.7 Å². The first-order valence-electron chi connectivity index (χ1n) is 5.80.